The number of piperidine rings is 1. The van der Waals surface area contributed by atoms with Crippen molar-refractivity contribution in [3.8, 4) is 0 Å². The predicted octanol–water partition coefficient (Wildman–Crippen LogP) is 3.23. The van der Waals surface area contributed by atoms with Gasteiger partial charge >= 0.3 is 0 Å². The van der Waals surface area contributed by atoms with E-state index >= 15 is 0 Å². The van der Waals surface area contributed by atoms with Gasteiger partial charge in [0.2, 0.25) is 0 Å². The molecule has 0 amide bonds. The van der Waals surface area contributed by atoms with E-state index in [1.54, 1.807) is 0 Å². The number of nitrogens with zero attached hydrogens (tertiary/aromatic N) is 1. The maximum Gasteiger partial charge on any atom is 0.155 e. The van der Waals surface area contributed by atoms with Crippen LogP contribution in [0.2, 0.25) is 0 Å². The van der Waals surface area contributed by atoms with E-state index < -0.39 is 0 Å². The number of ketones is 1. The molecule has 118 valence electrons. The van der Waals surface area contributed by atoms with Crippen molar-refractivity contribution in [2.75, 3.05) is 19.6 Å². The van der Waals surface area contributed by atoms with Crippen LogP contribution in [0.3, 0.4) is 0 Å². The Morgan fingerprint density at radius 3 is 2.05 bits per heavy atom. The van der Waals surface area contributed by atoms with Crippen LogP contribution in [-0.4, -0.2) is 41.9 Å². The fourth-order valence-corrected chi connectivity index (χ4v) is 2.81. The molecule has 1 aliphatic rings. The molecule has 1 saturated heterocycles. The zero-order valence-electron chi connectivity index (χ0n) is 14.4. The summed E-state index contributed by atoms with van der Waals surface area (Å²) in [5.41, 5.74) is -0.293. The van der Waals surface area contributed by atoms with Crippen LogP contribution in [0.1, 0.15) is 67.2 Å². The second-order valence-corrected chi connectivity index (χ2v) is 8.25. The van der Waals surface area contributed by atoms with Crippen molar-refractivity contribution in [1.29, 1.82) is 0 Å². The summed E-state index contributed by atoms with van der Waals surface area (Å²) in [4.78, 5) is 15.1. The van der Waals surface area contributed by atoms with Gasteiger partial charge in [-0.1, -0.05) is 27.2 Å². The van der Waals surface area contributed by atoms with E-state index in [0.29, 0.717) is 5.78 Å². The topological polar surface area (TPSA) is 32.3 Å². The van der Waals surface area contributed by atoms with Crippen LogP contribution in [0, 0.1) is 5.41 Å². The van der Waals surface area contributed by atoms with Crippen LogP contribution >= 0.6 is 0 Å². The van der Waals surface area contributed by atoms with Gasteiger partial charge in [-0.15, -0.1) is 0 Å². The summed E-state index contributed by atoms with van der Waals surface area (Å²) in [5, 5.41) is 3.53. The van der Waals surface area contributed by atoms with Crippen LogP contribution in [0.4, 0.5) is 0 Å². The van der Waals surface area contributed by atoms with Crippen LogP contribution < -0.4 is 5.32 Å². The third-order valence-corrected chi connectivity index (χ3v) is 3.85. The smallest absolute Gasteiger partial charge is 0.155 e. The van der Waals surface area contributed by atoms with Crippen molar-refractivity contribution >= 4 is 5.78 Å². The summed E-state index contributed by atoms with van der Waals surface area (Å²) in [5.74, 6) is 0.337. The lowest BCUT2D eigenvalue weighted by atomic mass is 9.84. The van der Waals surface area contributed by atoms with E-state index in [2.05, 4.69) is 31.0 Å². The van der Waals surface area contributed by atoms with Crippen molar-refractivity contribution in [1.82, 2.24) is 10.2 Å². The normalized spacial score (nSPS) is 19.9. The molecular weight excluding hydrogens is 248 g/mol. The predicted molar refractivity (Wildman–Crippen MR) is 86.0 cm³/mol. The van der Waals surface area contributed by atoms with Gasteiger partial charge in [-0.3, -0.25) is 4.79 Å². The second kappa shape index (κ2) is 7.04. The highest BCUT2D eigenvalue weighted by atomic mass is 16.1. The number of carbonyl (C=O) groups excluding carboxylic acids is 1. The van der Waals surface area contributed by atoms with Gasteiger partial charge in [0.15, 0.2) is 5.78 Å². The van der Waals surface area contributed by atoms with E-state index in [9.17, 15) is 4.79 Å². The van der Waals surface area contributed by atoms with Crippen molar-refractivity contribution in [2.24, 2.45) is 5.41 Å². The minimum atomic E-state index is -0.273. The monoisotopic (exact) mass is 282 g/mol. The van der Waals surface area contributed by atoms with Crippen molar-refractivity contribution < 1.29 is 4.79 Å². The zero-order valence-corrected chi connectivity index (χ0v) is 14.4. The lowest BCUT2D eigenvalue weighted by molar-refractivity contribution is -0.129. The van der Waals surface area contributed by atoms with E-state index in [4.69, 9.17) is 0 Å². The van der Waals surface area contributed by atoms with Crippen LogP contribution in [0.5, 0.6) is 0 Å². The Hall–Kier alpha value is -0.410. The van der Waals surface area contributed by atoms with Gasteiger partial charge in [-0.25, -0.2) is 0 Å². The largest absolute Gasteiger partial charge is 0.303 e. The molecule has 3 heteroatoms. The molecule has 0 aromatic carbocycles. The van der Waals surface area contributed by atoms with Gasteiger partial charge in [0.05, 0.1) is 6.04 Å². The molecule has 1 atom stereocenters. The maximum atomic E-state index is 12.6. The quantitative estimate of drug-likeness (QED) is 0.840. The molecule has 0 aliphatic carbocycles. The van der Waals surface area contributed by atoms with E-state index in [1.165, 1.54) is 32.4 Å². The number of carbonyl (C=O) groups is 1. The lowest BCUT2D eigenvalue weighted by Gasteiger charge is -2.34. The summed E-state index contributed by atoms with van der Waals surface area (Å²) in [6.45, 7) is 15.9. The van der Waals surface area contributed by atoms with Gasteiger partial charge in [0, 0.05) is 17.5 Å². The fraction of sp³-hybridized carbons (Fsp3) is 0.941. The van der Waals surface area contributed by atoms with E-state index in [1.807, 2.05) is 20.8 Å². The Labute approximate surface area is 125 Å². The summed E-state index contributed by atoms with van der Waals surface area (Å²) in [6.07, 6.45) is 4.91. The Morgan fingerprint density at radius 1 is 1.05 bits per heavy atom. The first-order valence-corrected chi connectivity index (χ1v) is 8.14. The SMILES string of the molecule is CC(C)(C)NC(CCN1CCCCC1)C(=O)C(C)(C)C. The van der Waals surface area contributed by atoms with Crippen LogP contribution in [0.15, 0.2) is 0 Å². The zero-order chi connectivity index (χ0) is 15.4. The molecule has 1 rings (SSSR count). The molecule has 3 nitrogen and oxygen atoms in total. The van der Waals surface area contributed by atoms with E-state index in [0.717, 1.165) is 13.0 Å². The number of hydrogen-bond donors (Lipinski definition) is 1. The second-order valence-electron chi connectivity index (χ2n) is 8.25. The van der Waals surface area contributed by atoms with Gasteiger partial charge < -0.3 is 10.2 Å². The van der Waals surface area contributed by atoms with Crippen LogP contribution in [-0.2, 0) is 4.79 Å². The molecule has 1 fully saturated rings. The number of likely N-dealkylation sites (tertiary alicyclic amines) is 1. The average Bonchev–Trinajstić information content (AvgIpc) is 2.32. The number of nitrogens with one attached hydrogen (secondary N) is 1. The molecule has 0 spiro atoms. The highest BCUT2D eigenvalue weighted by Crippen LogP contribution is 2.20. The molecule has 20 heavy (non-hydrogen) atoms. The van der Waals surface area contributed by atoms with Gasteiger partial charge in [0.25, 0.3) is 0 Å². The highest BCUT2D eigenvalue weighted by molar-refractivity contribution is 5.88. The first-order chi connectivity index (χ1) is 9.09. The van der Waals surface area contributed by atoms with Crippen molar-refractivity contribution in [3.63, 3.8) is 0 Å². The number of hydrogen-bond acceptors (Lipinski definition) is 3. The van der Waals surface area contributed by atoms with Gasteiger partial charge in [0.1, 0.15) is 0 Å². The highest BCUT2D eigenvalue weighted by Gasteiger charge is 2.32. The first kappa shape index (κ1) is 17.6. The summed E-state index contributed by atoms with van der Waals surface area (Å²) in [6, 6.07) is -0.0306. The standard InChI is InChI=1S/C17H34N2O/c1-16(2,3)15(20)14(18-17(4,5)6)10-13-19-11-8-7-9-12-19/h14,18H,7-13H2,1-6H3. The summed E-state index contributed by atoms with van der Waals surface area (Å²) in [7, 11) is 0. The number of Topliss-reactive ketones (excluding diaryl/α,β-unsaturated/α-hetero) is 1. The summed E-state index contributed by atoms with van der Waals surface area (Å²) < 4.78 is 0. The van der Waals surface area contributed by atoms with Crippen molar-refractivity contribution in [3.05, 3.63) is 0 Å². The molecular formula is C17H34N2O. The Bertz CT molecular complexity index is 306. The summed E-state index contributed by atoms with van der Waals surface area (Å²) >= 11 is 0. The minimum absolute atomic E-state index is 0.0204. The minimum Gasteiger partial charge on any atom is -0.303 e. The Morgan fingerprint density at radius 2 is 1.60 bits per heavy atom. The Kier molecular flexibility index (Phi) is 6.21. The molecule has 0 bridgehead atoms. The molecule has 0 aromatic heterocycles. The molecule has 0 aromatic rings. The maximum absolute atomic E-state index is 12.6. The third-order valence-electron chi connectivity index (χ3n) is 3.85. The molecule has 1 heterocycles. The van der Waals surface area contributed by atoms with Gasteiger partial charge in [-0.2, -0.15) is 0 Å². The molecule has 0 saturated carbocycles. The molecule has 0 radical (unpaired) electrons. The van der Waals surface area contributed by atoms with Gasteiger partial charge in [-0.05, 0) is 53.1 Å². The fourth-order valence-electron chi connectivity index (χ4n) is 2.81. The molecule has 1 aliphatic heterocycles. The average molecular weight is 282 g/mol. The van der Waals surface area contributed by atoms with Crippen LogP contribution in [0.25, 0.3) is 0 Å². The lowest BCUT2D eigenvalue weighted by Crippen LogP contribution is -2.52. The Balaban J connectivity index is 2.60. The third kappa shape index (κ3) is 6.36. The van der Waals surface area contributed by atoms with E-state index in [-0.39, 0.29) is 17.0 Å². The molecule has 1 N–H and O–H groups in total. The molecule has 1 unspecified atom stereocenters. The number of rotatable bonds is 5. The van der Waals surface area contributed by atoms with Crippen molar-refractivity contribution in [2.45, 2.75) is 78.8 Å². The first-order valence-electron chi connectivity index (χ1n) is 8.14.